The van der Waals surface area contributed by atoms with Gasteiger partial charge in [0.05, 0.1) is 13.2 Å². The van der Waals surface area contributed by atoms with Gasteiger partial charge in [-0.05, 0) is 18.1 Å². The molecule has 3 heterocycles. The van der Waals surface area contributed by atoms with Crippen LogP contribution in [0.25, 0.3) is 0 Å². The first-order chi connectivity index (χ1) is 9.90. The van der Waals surface area contributed by atoms with Gasteiger partial charge in [0.25, 0.3) is 0 Å². The van der Waals surface area contributed by atoms with E-state index in [1.165, 1.54) is 0 Å². The van der Waals surface area contributed by atoms with Crippen LogP contribution in [0.5, 0.6) is 5.88 Å². The molecule has 1 aromatic heterocycles. The normalized spacial score (nSPS) is 21.0. The summed E-state index contributed by atoms with van der Waals surface area (Å²) < 4.78 is 11.1. The molecule has 0 aliphatic carbocycles. The lowest BCUT2D eigenvalue weighted by molar-refractivity contribution is 0.138. The van der Waals surface area contributed by atoms with Crippen LogP contribution in [-0.4, -0.2) is 43.4 Å². The Morgan fingerprint density at radius 3 is 3.19 bits per heavy atom. The van der Waals surface area contributed by atoms with E-state index in [1.807, 2.05) is 12.1 Å². The summed E-state index contributed by atoms with van der Waals surface area (Å²) in [5.74, 6) is 1.54. The standard InChI is InChI=1S/C14H20N4O2.HI/c1-4-16-14(17-5-1)18-9-11-2-6-15-13(8-11)20-12-3-7-19-10-12;/h2,6,8,12H,1,3-5,7,9-10H2,(H2,16,17,18);1H. The molecule has 2 aliphatic heterocycles. The molecule has 0 saturated carbocycles. The van der Waals surface area contributed by atoms with Gasteiger partial charge in [-0.15, -0.1) is 24.0 Å². The van der Waals surface area contributed by atoms with Gasteiger partial charge in [-0.25, -0.2) is 4.98 Å². The van der Waals surface area contributed by atoms with Gasteiger partial charge in [-0.2, -0.15) is 0 Å². The van der Waals surface area contributed by atoms with Crippen molar-refractivity contribution in [1.29, 1.82) is 0 Å². The van der Waals surface area contributed by atoms with Gasteiger partial charge in [0.1, 0.15) is 6.10 Å². The number of hydrogen-bond donors (Lipinski definition) is 2. The SMILES string of the molecule is I.c1cc(CNC2=NCCCN2)cc(OC2CCOC2)n1. The zero-order valence-corrected chi connectivity index (χ0v) is 14.2. The number of nitrogens with zero attached hydrogens (tertiary/aromatic N) is 2. The number of aliphatic imine (C=N–C) groups is 1. The van der Waals surface area contributed by atoms with E-state index >= 15 is 0 Å². The molecule has 116 valence electrons. The van der Waals surface area contributed by atoms with Gasteiger partial charge < -0.3 is 20.1 Å². The fourth-order valence-electron chi connectivity index (χ4n) is 2.24. The predicted molar refractivity (Wildman–Crippen MR) is 91.3 cm³/mol. The minimum absolute atomic E-state index is 0. The first-order valence-corrected chi connectivity index (χ1v) is 7.12. The maximum atomic E-state index is 5.80. The highest BCUT2D eigenvalue weighted by molar-refractivity contribution is 14.0. The lowest BCUT2D eigenvalue weighted by atomic mass is 10.2. The van der Waals surface area contributed by atoms with Crippen LogP contribution in [0.15, 0.2) is 23.3 Å². The van der Waals surface area contributed by atoms with Crippen LogP contribution in [-0.2, 0) is 11.3 Å². The summed E-state index contributed by atoms with van der Waals surface area (Å²) in [6, 6.07) is 3.95. The molecule has 0 aromatic carbocycles. The number of hydrogen-bond acceptors (Lipinski definition) is 6. The zero-order valence-electron chi connectivity index (χ0n) is 11.9. The van der Waals surface area contributed by atoms with Crippen LogP contribution in [0.2, 0.25) is 0 Å². The van der Waals surface area contributed by atoms with Crippen molar-refractivity contribution in [2.45, 2.75) is 25.5 Å². The maximum absolute atomic E-state index is 5.80. The molecule has 3 rings (SSSR count). The number of guanidine groups is 1. The van der Waals surface area contributed by atoms with Crippen LogP contribution in [0.3, 0.4) is 0 Å². The second-order valence-corrected chi connectivity index (χ2v) is 4.97. The molecule has 0 radical (unpaired) electrons. The van der Waals surface area contributed by atoms with E-state index in [9.17, 15) is 0 Å². The van der Waals surface area contributed by atoms with E-state index in [0.717, 1.165) is 44.1 Å². The van der Waals surface area contributed by atoms with Crippen molar-refractivity contribution < 1.29 is 9.47 Å². The Labute approximate surface area is 141 Å². The van der Waals surface area contributed by atoms with Crippen LogP contribution in [0.4, 0.5) is 0 Å². The predicted octanol–water partition coefficient (Wildman–Crippen LogP) is 1.31. The minimum Gasteiger partial charge on any atom is -0.472 e. The largest absolute Gasteiger partial charge is 0.472 e. The highest BCUT2D eigenvalue weighted by Crippen LogP contribution is 2.15. The fraction of sp³-hybridized carbons (Fsp3) is 0.571. The molecule has 1 atom stereocenters. The van der Waals surface area contributed by atoms with Crippen LogP contribution >= 0.6 is 24.0 Å². The summed E-state index contributed by atoms with van der Waals surface area (Å²) in [4.78, 5) is 8.63. The zero-order chi connectivity index (χ0) is 13.6. The van der Waals surface area contributed by atoms with E-state index in [4.69, 9.17) is 9.47 Å². The number of ether oxygens (including phenoxy) is 2. The Morgan fingerprint density at radius 1 is 1.48 bits per heavy atom. The lowest BCUT2D eigenvalue weighted by Crippen LogP contribution is -2.40. The average molecular weight is 404 g/mol. The molecule has 21 heavy (non-hydrogen) atoms. The smallest absolute Gasteiger partial charge is 0.213 e. The molecule has 1 fully saturated rings. The number of nitrogens with one attached hydrogen (secondary N) is 2. The summed E-state index contributed by atoms with van der Waals surface area (Å²) >= 11 is 0. The van der Waals surface area contributed by atoms with E-state index < -0.39 is 0 Å². The molecule has 0 spiro atoms. The molecule has 2 aliphatic rings. The third-order valence-corrected chi connectivity index (χ3v) is 3.33. The maximum Gasteiger partial charge on any atom is 0.213 e. The quantitative estimate of drug-likeness (QED) is 0.741. The van der Waals surface area contributed by atoms with Gasteiger partial charge in [0.2, 0.25) is 5.88 Å². The Balaban J connectivity index is 0.00000161. The van der Waals surface area contributed by atoms with E-state index in [1.54, 1.807) is 6.20 Å². The molecule has 0 amide bonds. The minimum atomic E-state index is 0. The summed E-state index contributed by atoms with van der Waals surface area (Å²) in [6.07, 6.45) is 3.94. The monoisotopic (exact) mass is 404 g/mol. The third kappa shape index (κ3) is 4.99. The average Bonchev–Trinajstić information content (AvgIpc) is 3.00. The topological polar surface area (TPSA) is 67.8 Å². The summed E-state index contributed by atoms with van der Waals surface area (Å²) in [5.41, 5.74) is 1.13. The van der Waals surface area contributed by atoms with Crippen LogP contribution in [0.1, 0.15) is 18.4 Å². The Kier molecular flexibility index (Phi) is 6.50. The molecule has 6 nitrogen and oxygen atoms in total. The lowest BCUT2D eigenvalue weighted by Gasteiger charge is -2.16. The highest BCUT2D eigenvalue weighted by Gasteiger charge is 2.17. The molecule has 2 N–H and O–H groups in total. The van der Waals surface area contributed by atoms with E-state index in [0.29, 0.717) is 19.0 Å². The Bertz CT molecular complexity index is 478. The highest BCUT2D eigenvalue weighted by atomic mass is 127. The fourth-order valence-corrected chi connectivity index (χ4v) is 2.24. The number of pyridine rings is 1. The van der Waals surface area contributed by atoms with Gasteiger partial charge in [-0.1, -0.05) is 0 Å². The summed E-state index contributed by atoms with van der Waals surface area (Å²) in [7, 11) is 0. The van der Waals surface area contributed by atoms with Crippen molar-refractivity contribution in [3.05, 3.63) is 23.9 Å². The number of aromatic nitrogens is 1. The molecular formula is C14H21IN4O2. The molecule has 7 heteroatoms. The summed E-state index contributed by atoms with van der Waals surface area (Å²) in [5, 5.41) is 6.53. The molecule has 0 bridgehead atoms. The van der Waals surface area contributed by atoms with Crippen molar-refractivity contribution in [3.8, 4) is 5.88 Å². The van der Waals surface area contributed by atoms with Gasteiger partial charge in [-0.3, -0.25) is 4.99 Å². The molecule has 1 aromatic rings. The molecule has 1 unspecified atom stereocenters. The van der Waals surface area contributed by atoms with Crippen LogP contribution in [0, 0.1) is 0 Å². The second kappa shape index (κ2) is 8.38. The van der Waals surface area contributed by atoms with E-state index in [-0.39, 0.29) is 30.1 Å². The number of rotatable bonds is 4. The van der Waals surface area contributed by atoms with Crippen molar-refractivity contribution in [2.75, 3.05) is 26.3 Å². The van der Waals surface area contributed by atoms with Gasteiger partial charge in [0, 0.05) is 38.3 Å². The summed E-state index contributed by atoms with van der Waals surface area (Å²) in [6.45, 7) is 4.02. The first-order valence-electron chi connectivity index (χ1n) is 7.12. The Hall–Kier alpha value is -1.09. The van der Waals surface area contributed by atoms with E-state index in [2.05, 4.69) is 20.6 Å². The molecular weight excluding hydrogens is 383 g/mol. The number of halogens is 1. The molecule has 1 saturated heterocycles. The van der Waals surface area contributed by atoms with Gasteiger partial charge >= 0.3 is 0 Å². The van der Waals surface area contributed by atoms with Crippen molar-refractivity contribution in [1.82, 2.24) is 15.6 Å². The third-order valence-electron chi connectivity index (χ3n) is 3.33. The van der Waals surface area contributed by atoms with Gasteiger partial charge in [0.15, 0.2) is 5.96 Å². The van der Waals surface area contributed by atoms with Crippen molar-refractivity contribution in [2.24, 2.45) is 4.99 Å². The first kappa shape index (κ1) is 16.3. The Morgan fingerprint density at radius 2 is 2.43 bits per heavy atom. The van der Waals surface area contributed by atoms with Crippen LogP contribution < -0.4 is 15.4 Å². The van der Waals surface area contributed by atoms with Crippen molar-refractivity contribution in [3.63, 3.8) is 0 Å². The second-order valence-electron chi connectivity index (χ2n) is 4.97. The van der Waals surface area contributed by atoms with Crippen molar-refractivity contribution >= 4 is 29.9 Å².